The standard InChI is InChI=1S/C21H16N2O3/c1-2-25-20-19(4-3-13-23-20)21(24)26-18-11-9-17(10-12-18)16-7-5-15(14-22)6-8-16/h3-13H,2H2,1H3. The highest BCUT2D eigenvalue weighted by Gasteiger charge is 2.15. The van der Waals surface area contributed by atoms with Gasteiger partial charge in [0, 0.05) is 6.20 Å². The van der Waals surface area contributed by atoms with Crippen molar-refractivity contribution >= 4 is 5.97 Å². The van der Waals surface area contributed by atoms with E-state index in [0.29, 0.717) is 17.9 Å². The van der Waals surface area contributed by atoms with E-state index in [1.54, 1.807) is 42.6 Å². The Morgan fingerprint density at radius 2 is 1.69 bits per heavy atom. The molecule has 5 nitrogen and oxygen atoms in total. The molecule has 3 aromatic rings. The number of benzene rings is 2. The van der Waals surface area contributed by atoms with E-state index >= 15 is 0 Å². The Hall–Kier alpha value is -3.65. The number of pyridine rings is 1. The molecule has 0 bridgehead atoms. The van der Waals surface area contributed by atoms with Crippen LogP contribution in [-0.2, 0) is 0 Å². The summed E-state index contributed by atoms with van der Waals surface area (Å²) < 4.78 is 10.8. The zero-order valence-corrected chi connectivity index (χ0v) is 14.2. The molecule has 128 valence electrons. The zero-order valence-electron chi connectivity index (χ0n) is 14.2. The van der Waals surface area contributed by atoms with Crippen molar-refractivity contribution in [3.05, 3.63) is 78.0 Å². The Bertz CT molecular complexity index is 942. The number of esters is 1. The minimum Gasteiger partial charge on any atom is -0.477 e. The van der Waals surface area contributed by atoms with Crippen molar-refractivity contribution in [2.24, 2.45) is 0 Å². The molecule has 26 heavy (non-hydrogen) atoms. The third-order valence-electron chi connectivity index (χ3n) is 3.68. The summed E-state index contributed by atoms with van der Waals surface area (Å²) in [7, 11) is 0. The number of hydrogen-bond donors (Lipinski definition) is 0. The number of rotatable bonds is 5. The molecule has 0 saturated heterocycles. The van der Waals surface area contributed by atoms with Gasteiger partial charge in [-0.1, -0.05) is 24.3 Å². The Kier molecular flexibility index (Phi) is 5.25. The highest BCUT2D eigenvalue weighted by Crippen LogP contribution is 2.24. The van der Waals surface area contributed by atoms with Gasteiger partial charge in [-0.3, -0.25) is 0 Å². The first-order chi connectivity index (χ1) is 12.7. The molecule has 1 heterocycles. The average molecular weight is 344 g/mol. The third-order valence-corrected chi connectivity index (χ3v) is 3.68. The molecule has 0 aliphatic heterocycles. The molecule has 0 saturated carbocycles. The average Bonchev–Trinajstić information content (AvgIpc) is 2.69. The Morgan fingerprint density at radius 1 is 1.04 bits per heavy atom. The maximum absolute atomic E-state index is 12.4. The number of carbonyl (C=O) groups excluding carboxylic acids is 1. The summed E-state index contributed by atoms with van der Waals surface area (Å²) in [5.74, 6) is 0.167. The molecule has 0 aliphatic carbocycles. The Morgan fingerprint density at radius 3 is 2.31 bits per heavy atom. The lowest BCUT2D eigenvalue weighted by Crippen LogP contribution is -2.11. The Balaban J connectivity index is 1.75. The van der Waals surface area contributed by atoms with Gasteiger partial charge in [0.1, 0.15) is 11.3 Å². The predicted molar refractivity (Wildman–Crippen MR) is 97.0 cm³/mol. The normalized spacial score (nSPS) is 10.0. The van der Waals surface area contributed by atoms with Crippen LogP contribution in [-0.4, -0.2) is 17.6 Å². The molecule has 5 heteroatoms. The molecule has 0 amide bonds. The monoisotopic (exact) mass is 344 g/mol. The van der Waals surface area contributed by atoms with Crippen LogP contribution < -0.4 is 9.47 Å². The number of nitriles is 1. The van der Waals surface area contributed by atoms with Gasteiger partial charge >= 0.3 is 5.97 Å². The lowest BCUT2D eigenvalue weighted by atomic mass is 10.0. The lowest BCUT2D eigenvalue weighted by molar-refractivity contribution is 0.0729. The fourth-order valence-electron chi connectivity index (χ4n) is 2.41. The van der Waals surface area contributed by atoms with Crippen LogP contribution in [0.2, 0.25) is 0 Å². The van der Waals surface area contributed by atoms with Crippen LogP contribution in [0.15, 0.2) is 66.9 Å². The number of carbonyl (C=O) groups is 1. The maximum atomic E-state index is 12.4. The molecule has 2 aromatic carbocycles. The first kappa shape index (κ1) is 17.2. The quantitative estimate of drug-likeness (QED) is 0.511. The summed E-state index contributed by atoms with van der Waals surface area (Å²) in [6.07, 6.45) is 1.56. The van der Waals surface area contributed by atoms with Gasteiger partial charge in [-0.15, -0.1) is 0 Å². The second-order valence-corrected chi connectivity index (χ2v) is 5.39. The van der Waals surface area contributed by atoms with Crippen molar-refractivity contribution in [1.29, 1.82) is 5.26 Å². The SMILES string of the molecule is CCOc1ncccc1C(=O)Oc1ccc(-c2ccc(C#N)cc2)cc1. The fraction of sp³-hybridized carbons (Fsp3) is 0.0952. The fourth-order valence-corrected chi connectivity index (χ4v) is 2.41. The minimum absolute atomic E-state index is 0.259. The van der Waals surface area contributed by atoms with Crippen LogP contribution in [0.1, 0.15) is 22.8 Å². The number of ether oxygens (including phenoxy) is 2. The maximum Gasteiger partial charge on any atom is 0.349 e. The molecule has 0 spiro atoms. The molecule has 0 radical (unpaired) electrons. The summed E-state index contributed by atoms with van der Waals surface area (Å²) in [6, 6.07) is 19.8. The second-order valence-electron chi connectivity index (χ2n) is 5.39. The Labute approximate surface area is 151 Å². The van der Waals surface area contributed by atoms with Gasteiger partial charge in [0.15, 0.2) is 0 Å². The predicted octanol–water partition coefficient (Wildman–Crippen LogP) is 4.24. The first-order valence-corrected chi connectivity index (χ1v) is 8.12. The van der Waals surface area contributed by atoms with E-state index in [4.69, 9.17) is 14.7 Å². The van der Waals surface area contributed by atoms with E-state index in [9.17, 15) is 4.79 Å². The molecular formula is C21H16N2O3. The van der Waals surface area contributed by atoms with Crippen molar-refractivity contribution in [2.75, 3.05) is 6.61 Å². The number of aromatic nitrogens is 1. The zero-order chi connectivity index (χ0) is 18.4. The van der Waals surface area contributed by atoms with Crippen molar-refractivity contribution in [1.82, 2.24) is 4.98 Å². The molecule has 1 aromatic heterocycles. The van der Waals surface area contributed by atoms with Crippen molar-refractivity contribution < 1.29 is 14.3 Å². The molecular weight excluding hydrogens is 328 g/mol. The number of nitrogens with zero attached hydrogens (tertiary/aromatic N) is 2. The highest BCUT2D eigenvalue weighted by molar-refractivity contribution is 5.93. The largest absolute Gasteiger partial charge is 0.477 e. The van der Waals surface area contributed by atoms with E-state index in [-0.39, 0.29) is 11.4 Å². The molecule has 3 rings (SSSR count). The molecule has 0 fully saturated rings. The molecule has 0 unspecified atom stereocenters. The summed E-state index contributed by atoms with van der Waals surface area (Å²) >= 11 is 0. The van der Waals surface area contributed by atoms with Gasteiger partial charge in [-0.05, 0) is 54.4 Å². The summed E-state index contributed by atoms with van der Waals surface area (Å²) in [5.41, 5.74) is 2.84. The van der Waals surface area contributed by atoms with Gasteiger partial charge in [-0.2, -0.15) is 5.26 Å². The van der Waals surface area contributed by atoms with Gasteiger partial charge in [0.25, 0.3) is 0 Å². The van der Waals surface area contributed by atoms with Crippen LogP contribution in [0, 0.1) is 11.3 Å². The van der Waals surface area contributed by atoms with E-state index < -0.39 is 5.97 Å². The molecule has 0 N–H and O–H groups in total. The van der Waals surface area contributed by atoms with Crippen LogP contribution in [0.5, 0.6) is 11.6 Å². The van der Waals surface area contributed by atoms with E-state index in [1.165, 1.54) is 0 Å². The van der Waals surface area contributed by atoms with Crippen molar-refractivity contribution in [3.8, 4) is 28.8 Å². The molecule has 0 atom stereocenters. The molecule has 0 aliphatic rings. The van der Waals surface area contributed by atoms with Crippen LogP contribution in [0.3, 0.4) is 0 Å². The van der Waals surface area contributed by atoms with E-state index in [1.807, 2.05) is 31.2 Å². The third kappa shape index (κ3) is 3.87. The van der Waals surface area contributed by atoms with E-state index in [2.05, 4.69) is 11.1 Å². The smallest absolute Gasteiger partial charge is 0.349 e. The van der Waals surface area contributed by atoms with Gasteiger partial charge < -0.3 is 9.47 Å². The van der Waals surface area contributed by atoms with Gasteiger partial charge in [0.2, 0.25) is 5.88 Å². The van der Waals surface area contributed by atoms with Crippen LogP contribution in [0.25, 0.3) is 11.1 Å². The summed E-state index contributed by atoms with van der Waals surface area (Å²) in [6.45, 7) is 2.24. The highest BCUT2D eigenvalue weighted by atomic mass is 16.5. The summed E-state index contributed by atoms with van der Waals surface area (Å²) in [5, 5.41) is 8.85. The lowest BCUT2D eigenvalue weighted by Gasteiger charge is -2.09. The van der Waals surface area contributed by atoms with Crippen molar-refractivity contribution in [3.63, 3.8) is 0 Å². The van der Waals surface area contributed by atoms with Crippen LogP contribution in [0.4, 0.5) is 0 Å². The number of hydrogen-bond acceptors (Lipinski definition) is 5. The topological polar surface area (TPSA) is 72.2 Å². The first-order valence-electron chi connectivity index (χ1n) is 8.12. The van der Waals surface area contributed by atoms with Gasteiger partial charge in [0.05, 0.1) is 18.2 Å². The summed E-state index contributed by atoms with van der Waals surface area (Å²) in [4.78, 5) is 16.4. The van der Waals surface area contributed by atoms with Crippen molar-refractivity contribution in [2.45, 2.75) is 6.92 Å². The van der Waals surface area contributed by atoms with Crippen LogP contribution >= 0.6 is 0 Å². The van der Waals surface area contributed by atoms with Gasteiger partial charge in [-0.25, -0.2) is 9.78 Å². The van der Waals surface area contributed by atoms with E-state index in [0.717, 1.165) is 11.1 Å². The second kappa shape index (κ2) is 7.95. The minimum atomic E-state index is -0.521.